The predicted molar refractivity (Wildman–Crippen MR) is 72.5 cm³/mol. The van der Waals surface area contributed by atoms with Crippen molar-refractivity contribution in [1.82, 2.24) is 4.98 Å². The molecule has 2 aromatic rings. The van der Waals surface area contributed by atoms with E-state index in [4.69, 9.17) is 46.4 Å². The normalized spacial score (nSPS) is 10.6. The van der Waals surface area contributed by atoms with Crippen molar-refractivity contribution in [1.29, 1.82) is 0 Å². The van der Waals surface area contributed by atoms with E-state index >= 15 is 0 Å². The van der Waals surface area contributed by atoms with E-state index < -0.39 is 5.56 Å². The van der Waals surface area contributed by atoms with Gasteiger partial charge in [-0.3, -0.25) is 4.79 Å². The third-order valence-corrected chi connectivity index (χ3v) is 3.37. The van der Waals surface area contributed by atoms with Crippen molar-refractivity contribution in [2.75, 3.05) is 0 Å². The van der Waals surface area contributed by atoms with Gasteiger partial charge in [0.05, 0.1) is 10.0 Å². The molecule has 0 aliphatic rings. The van der Waals surface area contributed by atoms with E-state index in [9.17, 15) is 4.79 Å². The van der Waals surface area contributed by atoms with Gasteiger partial charge < -0.3 is 4.98 Å². The van der Waals surface area contributed by atoms with Crippen LogP contribution >= 0.6 is 46.4 Å². The second-order valence-corrected chi connectivity index (χ2v) is 4.91. The molecule has 0 unspecified atom stereocenters. The number of rotatable bonds is 1. The van der Waals surface area contributed by atoms with Crippen LogP contribution in [0.5, 0.6) is 0 Å². The summed E-state index contributed by atoms with van der Waals surface area (Å²) in [4.78, 5) is 13.9. The zero-order valence-electron chi connectivity index (χ0n) is 8.23. The largest absolute Gasteiger partial charge is 0.328 e. The molecule has 0 bridgehead atoms. The first-order valence-corrected chi connectivity index (χ1v) is 6.04. The van der Waals surface area contributed by atoms with E-state index in [2.05, 4.69) is 4.98 Å². The highest BCUT2D eigenvalue weighted by Gasteiger charge is 2.14. The third kappa shape index (κ3) is 2.45. The number of nitrogens with one attached hydrogen (secondary N) is 1. The van der Waals surface area contributed by atoms with Crippen molar-refractivity contribution in [3.05, 3.63) is 54.8 Å². The van der Waals surface area contributed by atoms with Crippen LogP contribution in [0.4, 0.5) is 0 Å². The fourth-order valence-electron chi connectivity index (χ4n) is 1.45. The minimum Gasteiger partial charge on any atom is -0.328 e. The Labute approximate surface area is 117 Å². The fraction of sp³-hybridized carbons (Fsp3) is 0. The highest BCUT2D eigenvalue weighted by Crippen LogP contribution is 2.38. The molecule has 0 atom stereocenters. The first kappa shape index (κ1) is 12.8. The lowest BCUT2D eigenvalue weighted by Gasteiger charge is -2.09. The minimum atomic E-state index is -0.397. The predicted octanol–water partition coefficient (Wildman–Crippen LogP) is 4.66. The van der Waals surface area contributed by atoms with Crippen LogP contribution in [0.2, 0.25) is 20.1 Å². The van der Waals surface area contributed by atoms with Crippen molar-refractivity contribution in [2.45, 2.75) is 0 Å². The third-order valence-electron chi connectivity index (χ3n) is 2.18. The number of hydrogen-bond acceptors (Lipinski definition) is 1. The van der Waals surface area contributed by atoms with Gasteiger partial charge in [0.25, 0.3) is 5.56 Å². The summed E-state index contributed by atoms with van der Waals surface area (Å²) in [5, 5.41) is 1.15. The Bertz CT molecular complexity index is 613. The average molecular weight is 309 g/mol. The summed E-state index contributed by atoms with van der Waals surface area (Å²) < 4.78 is 0. The minimum absolute atomic E-state index is 0.0404. The molecule has 2 nitrogen and oxygen atoms in total. The van der Waals surface area contributed by atoms with Gasteiger partial charge in [0, 0.05) is 22.3 Å². The number of pyridine rings is 1. The Kier molecular flexibility index (Phi) is 3.69. The average Bonchev–Trinajstić information content (AvgIpc) is 2.23. The topological polar surface area (TPSA) is 32.9 Å². The lowest BCUT2D eigenvalue weighted by molar-refractivity contribution is 1.24. The van der Waals surface area contributed by atoms with E-state index in [1.165, 1.54) is 6.20 Å². The molecule has 2 rings (SSSR count). The van der Waals surface area contributed by atoms with Crippen molar-refractivity contribution < 1.29 is 0 Å². The van der Waals surface area contributed by atoms with Crippen LogP contribution in [0.15, 0.2) is 29.2 Å². The summed E-state index contributed by atoms with van der Waals surface area (Å²) in [6.07, 6.45) is 1.48. The molecule has 0 amide bonds. The van der Waals surface area contributed by atoms with Gasteiger partial charge in [-0.05, 0) is 18.2 Å². The Morgan fingerprint density at radius 2 is 1.59 bits per heavy atom. The van der Waals surface area contributed by atoms with Gasteiger partial charge in [0.15, 0.2) is 0 Å². The first-order chi connectivity index (χ1) is 8.00. The smallest absolute Gasteiger partial charge is 0.267 e. The van der Waals surface area contributed by atoms with Crippen LogP contribution < -0.4 is 5.56 Å². The van der Waals surface area contributed by atoms with Gasteiger partial charge in [-0.1, -0.05) is 46.4 Å². The SMILES string of the molecule is O=c1[nH]ccc(-c2c(Cl)cc(Cl)cc2Cl)c1Cl. The highest BCUT2D eigenvalue weighted by atomic mass is 35.5. The van der Waals surface area contributed by atoms with Crippen LogP contribution in [-0.4, -0.2) is 4.98 Å². The molecular formula is C11H5Cl4NO. The second-order valence-electron chi connectivity index (χ2n) is 3.28. The van der Waals surface area contributed by atoms with Crippen molar-refractivity contribution in [2.24, 2.45) is 0 Å². The summed E-state index contributed by atoms with van der Waals surface area (Å²) in [6, 6.07) is 4.72. The summed E-state index contributed by atoms with van der Waals surface area (Å²) in [5.74, 6) is 0. The molecule has 0 aliphatic carbocycles. The quantitative estimate of drug-likeness (QED) is 0.817. The van der Waals surface area contributed by atoms with Crippen LogP contribution in [0.25, 0.3) is 11.1 Å². The van der Waals surface area contributed by atoms with Gasteiger partial charge in [-0.2, -0.15) is 0 Å². The highest BCUT2D eigenvalue weighted by molar-refractivity contribution is 6.43. The van der Waals surface area contributed by atoms with Crippen LogP contribution in [0, 0.1) is 0 Å². The molecule has 6 heteroatoms. The monoisotopic (exact) mass is 307 g/mol. The molecule has 1 aromatic heterocycles. The molecule has 0 fully saturated rings. The molecular weight excluding hydrogens is 304 g/mol. The standard InChI is InChI=1S/C11H5Cl4NO/c12-5-3-7(13)9(8(14)4-5)6-1-2-16-11(17)10(6)15/h1-4H,(H,16,17). The Balaban J connectivity index is 2.77. The first-order valence-electron chi connectivity index (χ1n) is 4.53. The number of aromatic nitrogens is 1. The van der Waals surface area contributed by atoms with Gasteiger partial charge in [-0.25, -0.2) is 0 Å². The maximum absolute atomic E-state index is 11.4. The number of aromatic amines is 1. The molecule has 1 N–H and O–H groups in total. The van der Waals surface area contributed by atoms with E-state index in [0.29, 0.717) is 26.2 Å². The van der Waals surface area contributed by atoms with Crippen LogP contribution in [0.3, 0.4) is 0 Å². The van der Waals surface area contributed by atoms with Gasteiger partial charge >= 0.3 is 0 Å². The van der Waals surface area contributed by atoms with Crippen LogP contribution in [-0.2, 0) is 0 Å². The lowest BCUT2D eigenvalue weighted by Crippen LogP contribution is -2.06. The molecule has 0 saturated heterocycles. The summed E-state index contributed by atoms with van der Waals surface area (Å²) in [7, 11) is 0. The number of hydrogen-bond donors (Lipinski definition) is 1. The second kappa shape index (κ2) is 4.91. The number of H-pyrrole nitrogens is 1. The van der Waals surface area contributed by atoms with E-state index in [1.807, 2.05) is 0 Å². The zero-order chi connectivity index (χ0) is 12.6. The van der Waals surface area contributed by atoms with E-state index in [0.717, 1.165) is 0 Å². The molecule has 17 heavy (non-hydrogen) atoms. The Hall–Kier alpha value is -0.670. The van der Waals surface area contributed by atoms with Gasteiger partial charge in [-0.15, -0.1) is 0 Å². The molecule has 1 aromatic carbocycles. The maximum atomic E-state index is 11.4. The van der Waals surface area contributed by atoms with Crippen LogP contribution in [0.1, 0.15) is 0 Å². The van der Waals surface area contributed by atoms with Gasteiger partial charge in [0.2, 0.25) is 0 Å². The molecule has 1 heterocycles. The lowest BCUT2D eigenvalue weighted by atomic mass is 10.1. The Morgan fingerprint density at radius 3 is 2.18 bits per heavy atom. The van der Waals surface area contributed by atoms with E-state index in [-0.39, 0.29) is 5.02 Å². The summed E-state index contributed by atoms with van der Waals surface area (Å²) in [6.45, 7) is 0. The maximum Gasteiger partial charge on any atom is 0.267 e. The van der Waals surface area contributed by atoms with Gasteiger partial charge in [0.1, 0.15) is 5.02 Å². The molecule has 0 radical (unpaired) electrons. The molecule has 0 saturated carbocycles. The van der Waals surface area contributed by atoms with Crippen molar-refractivity contribution in [3.8, 4) is 11.1 Å². The molecule has 0 aliphatic heterocycles. The molecule has 88 valence electrons. The molecule has 0 spiro atoms. The van der Waals surface area contributed by atoms with E-state index in [1.54, 1.807) is 18.2 Å². The zero-order valence-corrected chi connectivity index (χ0v) is 11.3. The number of halogens is 4. The summed E-state index contributed by atoms with van der Waals surface area (Å²) in [5.41, 5.74) is 0.571. The van der Waals surface area contributed by atoms with Crippen molar-refractivity contribution in [3.63, 3.8) is 0 Å². The number of benzene rings is 1. The summed E-state index contributed by atoms with van der Waals surface area (Å²) >= 11 is 23.8. The van der Waals surface area contributed by atoms with Crippen molar-refractivity contribution >= 4 is 46.4 Å². The Morgan fingerprint density at radius 1 is 1.00 bits per heavy atom. The fourth-order valence-corrected chi connectivity index (χ4v) is 2.68.